The molecule has 2 heterocycles. The molecule has 9 heteroatoms. The van der Waals surface area contributed by atoms with Gasteiger partial charge in [-0.1, -0.05) is 5.16 Å². The molecule has 0 bridgehead atoms. The maximum absolute atomic E-state index is 12.0. The molecule has 1 aliphatic rings. The molecule has 146 valence electrons. The minimum Gasteiger partial charge on any atom is -0.444 e. The van der Waals surface area contributed by atoms with Crippen LogP contribution in [0.3, 0.4) is 0 Å². The Balaban J connectivity index is 1.72. The standard InChI is InChI=1S/C17H30N6O3/c1-6-18-15(19-9-7-8-14-20-12(2)22-26-14)21-13-10-23(11-13)16(24)25-17(3,4)5/h13H,6-11H2,1-5H3,(H2,18,19,21). The van der Waals surface area contributed by atoms with Gasteiger partial charge in [-0.05, 0) is 41.0 Å². The predicted molar refractivity (Wildman–Crippen MR) is 98.1 cm³/mol. The van der Waals surface area contributed by atoms with Gasteiger partial charge < -0.3 is 24.8 Å². The first-order valence-electron chi connectivity index (χ1n) is 9.09. The first-order chi connectivity index (χ1) is 12.3. The first-order valence-corrected chi connectivity index (χ1v) is 9.09. The second kappa shape index (κ2) is 8.86. The third-order valence-corrected chi connectivity index (χ3v) is 3.61. The lowest BCUT2D eigenvalue weighted by Crippen LogP contribution is -2.63. The SMILES string of the molecule is CCNC(=NCCCc1nc(C)no1)NC1CN(C(=O)OC(C)(C)C)C1. The van der Waals surface area contributed by atoms with Crippen molar-refractivity contribution in [2.75, 3.05) is 26.2 Å². The van der Waals surface area contributed by atoms with Gasteiger partial charge in [-0.3, -0.25) is 4.99 Å². The molecule has 0 saturated carbocycles. The maximum Gasteiger partial charge on any atom is 0.410 e. The Labute approximate surface area is 154 Å². The molecule has 1 aromatic rings. The van der Waals surface area contributed by atoms with Crippen molar-refractivity contribution in [3.8, 4) is 0 Å². The zero-order chi connectivity index (χ0) is 19.2. The van der Waals surface area contributed by atoms with E-state index in [-0.39, 0.29) is 12.1 Å². The number of hydrogen-bond donors (Lipinski definition) is 2. The van der Waals surface area contributed by atoms with Gasteiger partial charge in [0.25, 0.3) is 0 Å². The fourth-order valence-corrected chi connectivity index (χ4v) is 2.42. The summed E-state index contributed by atoms with van der Waals surface area (Å²) in [7, 11) is 0. The summed E-state index contributed by atoms with van der Waals surface area (Å²) in [6.45, 7) is 12.1. The Kier molecular flexibility index (Phi) is 6.82. The van der Waals surface area contributed by atoms with E-state index in [1.165, 1.54) is 0 Å². The predicted octanol–water partition coefficient (Wildman–Crippen LogP) is 1.49. The number of amides is 1. The van der Waals surface area contributed by atoms with Gasteiger partial charge in [0.2, 0.25) is 5.89 Å². The molecule has 2 rings (SSSR count). The molecular weight excluding hydrogens is 336 g/mol. The largest absolute Gasteiger partial charge is 0.444 e. The Morgan fingerprint density at radius 1 is 1.42 bits per heavy atom. The molecule has 2 N–H and O–H groups in total. The van der Waals surface area contributed by atoms with Crippen LogP contribution in [0.5, 0.6) is 0 Å². The van der Waals surface area contributed by atoms with E-state index in [0.29, 0.717) is 37.8 Å². The number of hydrogen-bond acceptors (Lipinski definition) is 6. The zero-order valence-electron chi connectivity index (χ0n) is 16.3. The molecule has 0 aliphatic carbocycles. The van der Waals surface area contributed by atoms with Crippen LogP contribution in [-0.2, 0) is 11.2 Å². The van der Waals surface area contributed by atoms with Gasteiger partial charge in [-0.25, -0.2) is 4.79 Å². The van der Waals surface area contributed by atoms with Crippen molar-refractivity contribution in [2.24, 2.45) is 4.99 Å². The van der Waals surface area contributed by atoms with E-state index in [9.17, 15) is 4.79 Å². The van der Waals surface area contributed by atoms with E-state index in [2.05, 4.69) is 25.8 Å². The summed E-state index contributed by atoms with van der Waals surface area (Å²) in [5.41, 5.74) is -0.469. The van der Waals surface area contributed by atoms with Crippen LogP contribution in [0.25, 0.3) is 0 Å². The van der Waals surface area contributed by atoms with Gasteiger partial charge in [0.1, 0.15) is 5.60 Å². The summed E-state index contributed by atoms with van der Waals surface area (Å²) in [6.07, 6.45) is 1.26. The molecule has 1 aromatic heterocycles. The molecule has 0 radical (unpaired) electrons. The monoisotopic (exact) mass is 366 g/mol. The molecule has 1 saturated heterocycles. The van der Waals surface area contributed by atoms with Crippen LogP contribution >= 0.6 is 0 Å². The normalized spacial score (nSPS) is 15.6. The molecule has 26 heavy (non-hydrogen) atoms. The lowest BCUT2D eigenvalue weighted by Gasteiger charge is -2.40. The van der Waals surface area contributed by atoms with Crippen LogP contribution < -0.4 is 10.6 Å². The summed E-state index contributed by atoms with van der Waals surface area (Å²) in [5.74, 6) is 2.05. The second-order valence-electron chi connectivity index (χ2n) is 7.33. The maximum atomic E-state index is 12.0. The molecule has 0 spiro atoms. The zero-order valence-corrected chi connectivity index (χ0v) is 16.3. The molecule has 1 aliphatic heterocycles. The number of aliphatic imine (C=N–C) groups is 1. The fraction of sp³-hybridized carbons (Fsp3) is 0.765. The van der Waals surface area contributed by atoms with Crippen molar-refractivity contribution >= 4 is 12.1 Å². The van der Waals surface area contributed by atoms with Crippen LogP contribution in [-0.4, -0.2) is 64.9 Å². The molecule has 1 amide bonds. The summed E-state index contributed by atoms with van der Waals surface area (Å²) in [4.78, 5) is 22.4. The smallest absolute Gasteiger partial charge is 0.410 e. The Morgan fingerprint density at radius 2 is 2.15 bits per heavy atom. The highest BCUT2D eigenvalue weighted by Crippen LogP contribution is 2.15. The lowest BCUT2D eigenvalue weighted by molar-refractivity contribution is 0.00701. The highest BCUT2D eigenvalue weighted by molar-refractivity contribution is 5.80. The summed E-state index contributed by atoms with van der Waals surface area (Å²) in [6, 6.07) is 0.180. The molecule has 0 unspecified atom stereocenters. The van der Waals surface area contributed by atoms with Gasteiger partial charge in [-0.15, -0.1) is 0 Å². The minimum atomic E-state index is -0.469. The van der Waals surface area contributed by atoms with Crippen LogP contribution in [0.15, 0.2) is 9.52 Å². The number of guanidine groups is 1. The number of carbonyl (C=O) groups is 1. The average molecular weight is 366 g/mol. The van der Waals surface area contributed by atoms with Crippen molar-refractivity contribution in [3.63, 3.8) is 0 Å². The first kappa shape index (κ1) is 20.0. The molecule has 1 fully saturated rings. The summed E-state index contributed by atoms with van der Waals surface area (Å²) < 4.78 is 10.4. The Morgan fingerprint density at radius 3 is 2.73 bits per heavy atom. The molecule has 0 atom stereocenters. The van der Waals surface area contributed by atoms with Crippen molar-refractivity contribution in [2.45, 2.75) is 59.1 Å². The Bertz CT molecular complexity index is 616. The third kappa shape index (κ3) is 6.53. The van der Waals surface area contributed by atoms with Crippen LogP contribution in [0, 0.1) is 6.92 Å². The third-order valence-electron chi connectivity index (χ3n) is 3.61. The number of rotatable bonds is 6. The summed E-state index contributed by atoms with van der Waals surface area (Å²) in [5, 5.41) is 10.3. The Hall–Kier alpha value is -2.32. The van der Waals surface area contributed by atoms with Gasteiger partial charge in [0, 0.05) is 32.6 Å². The van der Waals surface area contributed by atoms with Crippen LogP contribution in [0.4, 0.5) is 4.79 Å². The minimum absolute atomic E-state index is 0.180. The lowest BCUT2D eigenvalue weighted by atomic mass is 10.1. The number of aromatic nitrogens is 2. The molecule has 9 nitrogen and oxygen atoms in total. The fourth-order valence-electron chi connectivity index (χ4n) is 2.42. The van der Waals surface area contributed by atoms with Gasteiger partial charge in [0.05, 0.1) is 6.04 Å². The van der Waals surface area contributed by atoms with Gasteiger partial charge in [-0.2, -0.15) is 4.98 Å². The number of aryl methyl sites for hydroxylation is 2. The van der Waals surface area contributed by atoms with Crippen LogP contribution in [0.2, 0.25) is 0 Å². The molecular formula is C17H30N6O3. The van der Waals surface area contributed by atoms with Crippen molar-refractivity contribution in [3.05, 3.63) is 11.7 Å². The average Bonchev–Trinajstić information content (AvgIpc) is 2.90. The number of ether oxygens (including phenoxy) is 1. The van der Waals surface area contributed by atoms with E-state index in [1.807, 2.05) is 27.7 Å². The van der Waals surface area contributed by atoms with Crippen molar-refractivity contribution < 1.29 is 14.1 Å². The highest BCUT2D eigenvalue weighted by Gasteiger charge is 2.34. The molecule has 0 aromatic carbocycles. The van der Waals surface area contributed by atoms with Crippen molar-refractivity contribution in [1.29, 1.82) is 0 Å². The van der Waals surface area contributed by atoms with E-state index >= 15 is 0 Å². The van der Waals surface area contributed by atoms with Gasteiger partial charge >= 0.3 is 6.09 Å². The van der Waals surface area contributed by atoms with Crippen LogP contribution in [0.1, 0.15) is 45.8 Å². The van der Waals surface area contributed by atoms with E-state index in [0.717, 1.165) is 18.9 Å². The number of likely N-dealkylation sites (tertiary alicyclic amines) is 1. The van der Waals surface area contributed by atoms with Gasteiger partial charge in [0.15, 0.2) is 11.8 Å². The summed E-state index contributed by atoms with van der Waals surface area (Å²) >= 11 is 0. The second-order valence-corrected chi connectivity index (χ2v) is 7.33. The van der Waals surface area contributed by atoms with E-state index in [4.69, 9.17) is 9.26 Å². The number of nitrogens with zero attached hydrogens (tertiary/aromatic N) is 4. The highest BCUT2D eigenvalue weighted by atomic mass is 16.6. The van der Waals surface area contributed by atoms with E-state index in [1.54, 1.807) is 11.8 Å². The topological polar surface area (TPSA) is 105 Å². The number of nitrogens with one attached hydrogen (secondary N) is 2. The number of carbonyl (C=O) groups excluding carboxylic acids is 1. The quantitative estimate of drug-likeness (QED) is 0.446. The van der Waals surface area contributed by atoms with Crippen molar-refractivity contribution in [1.82, 2.24) is 25.7 Å². The van der Waals surface area contributed by atoms with E-state index < -0.39 is 5.60 Å².